The minimum atomic E-state index is -1.14. The molecule has 0 heterocycles. The van der Waals surface area contributed by atoms with Crippen molar-refractivity contribution in [1.29, 1.82) is 0 Å². The Labute approximate surface area is 373 Å². The number of esters is 2. The van der Waals surface area contributed by atoms with E-state index >= 15 is 0 Å². The molecule has 0 aliphatic heterocycles. The predicted molar refractivity (Wildman–Crippen MR) is 254 cm³/mol. The van der Waals surface area contributed by atoms with Crippen molar-refractivity contribution in [2.45, 2.75) is 180 Å². The van der Waals surface area contributed by atoms with Crippen molar-refractivity contribution in [3.8, 4) is 0 Å². The molecule has 8 heteroatoms. The zero-order chi connectivity index (χ0) is 44.9. The number of hydrogen-bond donors (Lipinski definition) is 0. The quantitative estimate of drug-likeness (QED) is 0.0198. The Hall–Kier alpha value is -3.75. The fraction of sp³-hybridized carbons (Fsp3) is 0.642. The minimum Gasteiger partial charge on any atom is -0.544 e. The Morgan fingerprint density at radius 3 is 1.51 bits per heavy atom. The number of carboxylic acids is 1. The number of hydrogen-bond acceptors (Lipinski definition) is 7. The first kappa shape index (κ1) is 57.2. The number of quaternary nitrogens is 1. The molecular weight excluding hydrogens is 763 g/mol. The summed E-state index contributed by atoms with van der Waals surface area (Å²) in [5.74, 6) is -1.82. The third-order valence-corrected chi connectivity index (χ3v) is 10.0. The highest BCUT2D eigenvalue weighted by molar-refractivity contribution is 5.70. The van der Waals surface area contributed by atoms with Gasteiger partial charge in [0, 0.05) is 19.3 Å². The number of carbonyl (C=O) groups excluding carboxylic acids is 3. The van der Waals surface area contributed by atoms with Gasteiger partial charge in [0.05, 0.1) is 40.3 Å². The molecule has 0 rings (SSSR count). The molecule has 0 fully saturated rings. The first-order chi connectivity index (χ1) is 29.6. The minimum absolute atomic E-state index is 0.0140. The van der Waals surface area contributed by atoms with Crippen LogP contribution < -0.4 is 5.11 Å². The summed E-state index contributed by atoms with van der Waals surface area (Å²) in [6, 6.07) is -0.742. The van der Waals surface area contributed by atoms with Crippen LogP contribution in [0.5, 0.6) is 0 Å². The van der Waals surface area contributed by atoms with Gasteiger partial charge < -0.3 is 28.6 Å². The normalized spacial score (nSPS) is 13.8. The highest BCUT2D eigenvalue weighted by Crippen LogP contribution is 2.12. The summed E-state index contributed by atoms with van der Waals surface area (Å²) < 4.78 is 17.1. The van der Waals surface area contributed by atoms with E-state index in [1.54, 1.807) is 21.1 Å². The lowest BCUT2D eigenvalue weighted by atomic mass is 10.1. The van der Waals surface area contributed by atoms with Crippen molar-refractivity contribution in [3.05, 3.63) is 97.2 Å². The molecule has 0 spiro atoms. The van der Waals surface area contributed by atoms with Crippen molar-refractivity contribution < 1.29 is 38.2 Å². The van der Waals surface area contributed by atoms with E-state index in [1.807, 2.05) is 0 Å². The van der Waals surface area contributed by atoms with E-state index in [4.69, 9.17) is 14.2 Å². The van der Waals surface area contributed by atoms with Gasteiger partial charge in [-0.1, -0.05) is 162 Å². The van der Waals surface area contributed by atoms with Gasteiger partial charge in [0.25, 0.3) is 0 Å². The number of ether oxygens (including phenoxy) is 3. The van der Waals surface area contributed by atoms with E-state index in [2.05, 4.69) is 111 Å². The Morgan fingerprint density at radius 1 is 0.525 bits per heavy atom. The summed E-state index contributed by atoms with van der Waals surface area (Å²) in [6.45, 7) is 4.46. The van der Waals surface area contributed by atoms with Crippen molar-refractivity contribution in [1.82, 2.24) is 0 Å². The maximum Gasteiger partial charge on any atom is 0.306 e. The second-order valence-electron chi connectivity index (χ2n) is 16.7. The number of carbonyl (C=O) groups is 3. The van der Waals surface area contributed by atoms with Crippen LogP contribution in [0.4, 0.5) is 0 Å². The fourth-order valence-corrected chi connectivity index (χ4v) is 6.33. The molecule has 61 heavy (non-hydrogen) atoms. The average molecular weight is 850 g/mol. The zero-order valence-corrected chi connectivity index (χ0v) is 39.3. The van der Waals surface area contributed by atoms with E-state index in [0.29, 0.717) is 12.8 Å². The van der Waals surface area contributed by atoms with Crippen LogP contribution in [0.1, 0.15) is 168 Å². The number of nitrogens with zero attached hydrogens (tertiary/aromatic N) is 1. The molecule has 2 atom stereocenters. The monoisotopic (exact) mass is 850 g/mol. The number of aliphatic carboxylic acids is 1. The largest absolute Gasteiger partial charge is 0.544 e. The Kier molecular flexibility index (Phi) is 40.3. The highest BCUT2D eigenvalue weighted by atomic mass is 16.6. The topological polar surface area (TPSA) is 102 Å². The van der Waals surface area contributed by atoms with Crippen molar-refractivity contribution in [2.24, 2.45) is 0 Å². The predicted octanol–water partition coefficient (Wildman–Crippen LogP) is 12.1. The smallest absolute Gasteiger partial charge is 0.306 e. The summed E-state index contributed by atoms with van der Waals surface area (Å²) in [7, 11) is 5.38. The van der Waals surface area contributed by atoms with Crippen molar-refractivity contribution >= 4 is 17.9 Å². The Balaban J connectivity index is 4.44. The molecule has 0 bridgehead atoms. The number of rotatable bonds is 41. The maximum absolute atomic E-state index is 12.7. The van der Waals surface area contributed by atoms with E-state index in [0.717, 1.165) is 96.3 Å². The lowest BCUT2D eigenvalue weighted by Gasteiger charge is -2.34. The van der Waals surface area contributed by atoms with Crippen LogP contribution >= 0.6 is 0 Å². The molecule has 0 aromatic heterocycles. The molecule has 0 radical (unpaired) electrons. The van der Waals surface area contributed by atoms with Crippen LogP contribution in [0.25, 0.3) is 0 Å². The Morgan fingerprint density at radius 2 is 0.984 bits per heavy atom. The molecule has 2 unspecified atom stereocenters. The first-order valence-corrected chi connectivity index (χ1v) is 23.8. The first-order valence-electron chi connectivity index (χ1n) is 23.8. The molecule has 0 saturated heterocycles. The van der Waals surface area contributed by atoms with Crippen LogP contribution in [0.3, 0.4) is 0 Å². The van der Waals surface area contributed by atoms with Crippen LogP contribution in [0.2, 0.25) is 0 Å². The lowest BCUT2D eigenvalue weighted by molar-refractivity contribution is -0.889. The summed E-state index contributed by atoms with van der Waals surface area (Å²) in [6.07, 6.45) is 57.1. The molecule has 0 aromatic carbocycles. The molecule has 0 saturated carbocycles. The van der Waals surface area contributed by atoms with Gasteiger partial charge in [-0.25, -0.2) is 0 Å². The third-order valence-electron chi connectivity index (χ3n) is 10.0. The molecular formula is C53H87NO7. The lowest BCUT2D eigenvalue weighted by Crippen LogP contribution is -2.55. The number of carboxylic acid groups (broad SMARTS) is 1. The van der Waals surface area contributed by atoms with Crippen LogP contribution in [-0.2, 0) is 28.6 Å². The standard InChI is InChI=1S/C53H87NO7/c1-6-8-10-12-14-16-18-20-22-24-26-28-30-32-34-36-38-40-42-44-52(56)61-49(47-59-46-45-50(53(57)58)54(3,4)5)48-60-51(55)43-41-39-37-35-33-31-29-27-25-23-21-19-17-15-13-11-9-7-2/h8,10,14,16,19-23,25-29,32,34,49-50H,6-7,9,11-13,15,17-18,24,30-31,33,35-48H2,1-5H3/b10-8+,16-14+,21-19+,22-20+,25-23+,28-26+,29-27+,34-32+. The van der Waals surface area contributed by atoms with Gasteiger partial charge in [-0.15, -0.1) is 0 Å². The van der Waals surface area contributed by atoms with Gasteiger partial charge in [-0.3, -0.25) is 9.59 Å². The van der Waals surface area contributed by atoms with Gasteiger partial charge in [0.2, 0.25) is 0 Å². The van der Waals surface area contributed by atoms with E-state index in [-0.39, 0.29) is 49.1 Å². The van der Waals surface area contributed by atoms with Crippen LogP contribution in [0.15, 0.2) is 97.2 Å². The Bertz CT molecular complexity index is 1310. The summed E-state index contributed by atoms with van der Waals surface area (Å²) in [5, 5.41) is 11.6. The molecule has 0 aliphatic rings. The summed E-state index contributed by atoms with van der Waals surface area (Å²) in [4.78, 5) is 36.9. The van der Waals surface area contributed by atoms with E-state index < -0.39 is 18.1 Å². The second kappa shape index (κ2) is 42.9. The molecule has 346 valence electrons. The molecule has 0 N–H and O–H groups in total. The third kappa shape index (κ3) is 41.4. The van der Waals surface area contributed by atoms with Crippen LogP contribution in [-0.4, -0.2) is 75.5 Å². The molecule has 0 aromatic rings. The van der Waals surface area contributed by atoms with Gasteiger partial charge in [-0.05, 0) is 83.5 Å². The molecule has 8 nitrogen and oxygen atoms in total. The van der Waals surface area contributed by atoms with E-state index in [1.165, 1.54) is 32.1 Å². The highest BCUT2D eigenvalue weighted by Gasteiger charge is 2.25. The van der Waals surface area contributed by atoms with Gasteiger partial charge in [0.1, 0.15) is 12.6 Å². The second-order valence-corrected chi connectivity index (χ2v) is 16.7. The summed E-state index contributed by atoms with van der Waals surface area (Å²) in [5.41, 5.74) is 0. The SMILES string of the molecule is CC/C=C/C/C=C/C/C=C/C/C=C/C/C=C/CCCCCC(=O)OC(COCCC(C(=O)[O-])[N+](C)(C)C)COC(=O)CCCCCCC/C=C/C=C/C=C/CCCCCCC. The average Bonchev–Trinajstić information content (AvgIpc) is 3.22. The zero-order valence-electron chi connectivity index (χ0n) is 39.3. The molecule has 0 amide bonds. The van der Waals surface area contributed by atoms with Gasteiger partial charge in [-0.2, -0.15) is 0 Å². The number of unbranched alkanes of at least 4 members (excludes halogenated alkanes) is 13. The number of likely N-dealkylation sites (N-methyl/N-ethyl adjacent to an activating group) is 1. The summed E-state index contributed by atoms with van der Waals surface area (Å²) >= 11 is 0. The van der Waals surface area contributed by atoms with Gasteiger partial charge >= 0.3 is 11.9 Å². The van der Waals surface area contributed by atoms with Crippen LogP contribution in [0, 0.1) is 0 Å². The van der Waals surface area contributed by atoms with E-state index in [9.17, 15) is 19.5 Å². The van der Waals surface area contributed by atoms with Gasteiger partial charge in [0.15, 0.2) is 6.10 Å². The maximum atomic E-state index is 12.7. The van der Waals surface area contributed by atoms with Crippen molar-refractivity contribution in [3.63, 3.8) is 0 Å². The number of allylic oxidation sites excluding steroid dienone is 16. The van der Waals surface area contributed by atoms with Crippen molar-refractivity contribution in [2.75, 3.05) is 41.0 Å². The molecule has 0 aliphatic carbocycles. The fourth-order valence-electron chi connectivity index (χ4n) is 6.33.